The molecule has 0 aromatic heterocycles. The number of nitrogens with one attached hydrogen (secondary N) is 3. The van der Waals surface area contributed by atoms with Crippen LogP contribution in [-0.2, 0) is 4.79 Å². The van der Waals surface area contributed by atoms with Crippen molar-refractivity contribution in [2.75, 3.05) is 29.0 Å². The molecule has 1 aliphatic rings. The highest BCUT2D eigenvalue weighted by atomic mass is 19.1. The summed E-state index contributed by atoms with van der Waals surface area (Å²) in [6, 6.07) is 13.3. The van der Waals surface area contributed by atoms with Gasteiger partial charge in [-0.2, -0.15) is 0 Å². The fraction of sp³-hybridized carbons (Fsp3) is 0.348. The van der Waals surface area contributed by atoms with Crippen molar-refractivity contribution in [1.29, 1.82) is 0 Å². The molecule has 1 aliphatic heterocycles. The van der Waals surface area contributed by atoms with E-state index in [1.165, 1.54) is 6.07 Å². The molecule has 2 aromatic rings. The van der Waals surface area contributed by atoms with Gasteiger partial charge < -0.3 is 16.0 Å². The molecule has 0 atom stereocenters. The molecule has 3 rings (SSSR count). The normalized spacial score (nSPS) is 14.6. The van der Waals surface area contributed by atoms with Crippen LogP contribution in [-0.4, -0.2) is 36.0 Å². The average Bonchev–Trinajstić information content (AvgIpc) is 2.99. The van der Waals surface area contributed by atoms with Crippen LogP contribution in [0.3, 0.4) is 0 Å². The molecule has 3 N–H and O–H groups in total. The van der Waals surface area contributed by atoms with Gasteiger partial charge >= 0.3 is 0 Å². The molecule has 0 spiro atoms. The molecule has 0 unspecified atom stereocenters. The summed E-state index contributed by atoms with van der Waals surface area (Å²) >= 11 is 0. The highest BCUT2D eigenvalue weighted by Gasteiger charge is 2.23. The third kappa shape index (κ3) is 4.95. The van der Waals surface area contributed by atoms with Gasteiger partial charge in [0.15, 0.2) is 0 Å². The van der Waals surface area contributed by atoms with Gasteiger partial charge in [-0.05, 0) is 52.0 Å². The number of halogens is 1. The quantitative estimate of drug-likeness (QED) is 0.563. The first-order valence-corrected chi connectivity index (χ1v) is 10.0. The molecule has 5 nitrogen and oxygen atoms in total. The number of hydrogen-bond donors (Lipinski definition) is 3. The minimum absolute atomic E-state index is 0.169. The van der Waals surface area contributed by atoms with Crippen molar-refractivity contribution in [3.63, 3.8) is 0 Å². The van der Waals surface area contributed by atoms with Gasteiger partial charge in [-0.1, -0.05) is 18.2 Å². The fourth-order valence-electron chi connectivity index (χ4n) is 3.62. The topological polar surface area (TPSA) is 56.4 Å². The van der Waals surface area contributed by atoms with Gasteiger partial charge in [0.2, 0.25) is 0 Å². The van der Waals surface area contributed by atoms with E-state index in [1.807, 2.05) is 24.3 Å². The smallest absolute Gasteiger partial charge is 0.257 e. The lowest BCUT2D eigenvalue weighted by Crippen LogP contribution is -2.40. The third-order valence-corrected chi connectivity index (χ3v) is 5.07. The molecular weight excluding hydrogens is 367 g/mol. The van der Waals surface area contributed by atoms with E-state index in [4.69, 9.17) is 0 Å². The van der Waals surface area contributed by atoms with Crippen LogP contribution in [0.25, 0.3) is 5.57 Å². The number of carbonyl (C=O) groups excluding carboxylic acids is 1. The average molecular weight is 397 g/mol. The Hall–Kier alpha value is -2.86. The van der Waals surface area contributed by atoms with Gasteiger partial charge in [-0.3, -0.25) is 9.69 Å². The highest BCUT2D eigenvalue weighted by Crippen LogP contribution is 2.31. The number of nitrogens with zero attached hydrogens (tertiary/aromatic N) is 1. The Morgan fingerprint density at radius 3 is 2.52 bits per heavy atom. The second-order valence-corrected chi connectivity index (χ2v) is 7.75. The maximum atomic E-state index is 14.5. The first-order valence-electron chi connectivity index (χ1n) is 10.0. The third-order valence-electron chi connectivity index (χ3n) is 5.07. The number of benzene rings is 2. The van der Waals surface area contributed by atoms with E-state index >= 15 is 0 Å². The number of carbonyl (C=O) groups is 1. The van der Waals surface area contributed by atoms with Crippen molar-refractivity contribution in [2.45, 2.75) is 39.8 Å². The van der Waals surface area contributed by atoms with Gasteiger partial charge in [0.05, 0.1) is 11.3 Å². The van der Waals surface area contributed by atoms with Gasteiger partial charge in [0, 0.05) is 48.3 Å². The van der Waals surface area contributed by atoms with Crippen LogP contribution in [0.15, 0.2) is 48.7 Å². The first-order chi connectivity index (χ1) is 13.9. The summed E-state index contributed by atoms with van der Waals surface area (Å²) in [6.07, 6.45) is 1.62. The SMILES string of the molecule is CC(C)N(CCNc1ccc(NC=C2C(=O)Nc3ccccc32)cc1F)C(C)C. The van der Waals surface area contributed by atoms with Gasteiger partial charge in [0.25, 0.3) is 5.91 Å². The lowest BCUT2D eigenvalue weighted by molar-refractivity contribution is -0.110. The Bertz CT molecular complexity index is 900. The summed E-state index contributed by atoms with van der Waals surface area (Å²) in [7, 11) is 0. The minimum Gasteiger partial charge on any atom is -0.381 e. The Morgan fingerprint density at radius 2 is 1.83 bits per heavy atom. The number of hydrogen-bond acceptors (Lipinski definition) is 4. The van der Waals surface area contributed by atoms with E-state index in [0.717, 1.165) is 17.8 Å². The highest BCUT2D eigenvalue weighted by molar-refractivity contribution is 6.31. The van der Waals surface area contributed by atoms with E-state index in [0.29, 0.717) is 35.6 Å². The molecule has 2 aromatic carbocycles. The zero-order chi connectivity index (χ0) is 21.0. The number of fused-ring (bicyclic) bond motifs is 1. The van der Waals surface area contributed by atoms with Gasteiger partial charge in [-0.25, -0.2) is 4.39 Å². The predicted molar refractivity (Wildman–Crippen MR) is 119 cm³/mol. The maximum absolute atomic E-state index is 14.5. The number of rotatable bonds is 8. The van der Waals surface area contributed by atoms with E-state index in [1.54, 1.807) is 18.3 Å². The summed E-state index contributed by atoms with van der Waals surface area (Å²) in [5.41, 5.74) is 3.21. The Kier molecular flexibility index (Phi) is 6.54. The summed E-state index contributed by atoms with van der Waals surface area (Å²) in [4.78, 5) is 14.5. The van der Waals surface area contributed by atoms with Crippen molar-refractivity contribution < 1.29 is 9.18 Å². The number of amides is 1. The predicted octanol–water partition coefficient (Wildman–Crippen LogP) is 4.76. The monoisotopic (exact) mass is 396 g/mol. The van der Waals surface area contributed by atoms with Gasteiger partial charge in [-0.15, -0.1) is 0 Å². The van der Waals surface area contributed by atoms with E-state index in [-0.39, 0.29) is 11.7 Å². The zero-order valence-corrected chi connectivity index (χ0v) is 17.4. The maximum Gasteiger partial charge on any atom is 0.257 e. The lowest BCUT2D eigenvalue weighted by atomic mass is 10.1. The van der Waals surface area contributed by atoms with Crippen LogP contribution in [0, 0.1) is 5.82 Å². The van der Waals surface area contributed by atoms with Crippen LogP contribution in [0.2, 0.25) is 0 Å². The molecule has 154 valence electrons. The molecule has 0 bridgehead atoms. The largest absolute Gasteiger partial charge is 0.381 e. The Morgan fingerprint density at radius 1 is 1.10 bits per heavy atom. The molecule has 1 amide bonds. The zero-order valence-electron chi connectivity index (χ0n) is 17.4. The second kappa shape index (κ2) is 9.09. The summed E-state index contributed by atoms with van der Waals surface area (Å²) in [5, 5.41) is 9.02. The molecule has 0 aliphatic carbocycles. The number of para-hydroxylation sites is 1. The Balaban J connectivity index is 1.62. The summed E-state index contributed by atoms with van der Waals surface area (Å²) in [5.74, 6) is -0.498. The fourth-order valence-corrected chi connectivity index (χ4v) is 3.62. The summed E-state index contributed by atoms with van der Waals surface area (Å²) < 4.78 is 14.5. The molecule has 0 saturated carbocycles. The van der Waals surface area contributed by atoms with Crippen LogP contribution in [0.4, 0.5) is 21.5 Å². The van der Waals surface area contributed by atoms with Gasteiger partial charge in [0.1, 0.15) is 5.82 Å². The molecule has 0 saturated heterocycles. The van der Waals surface area contributed by atoms with Crippen molar-refractivity contribution in [2.24, 2.45) is 0 Å². The number of anilines is 3. The van der Waals surface area contributed by atoms with Crippen molar-refractivity contribution in [3.05, 3.63) is 60.0 Å². The van der Waals surface area contributed by atoms with Crippen molar-refractivity contribution >= 4 is 28.5 Å². The van der Waals surface area contributed by atoms with Crippen molar-refractivity contribution in [1.82, 2.24) is 4.90 Å². The summed E-state index contributed by atoms with van der Waals surface area (Å²) in [6.45, 7) is 10.2. The van der Waals surface area contributed by atoms with Crippen LogP contribution < -0.4 is 16.0 Å². The lowest BCUT2D eigenvalue weighted by Gasteiger charge is -2.30. The first kappa shape index (κ1) is 20.9. The molecule has 0 radical (unpaired) electrons. The van der Waals surface area contributed by atoms with Crippen LogP contribution in [0.1, 0.15) is 33.3 Å². The van der Waals surface area contributed by atoms with Crippen molar-refractivity contribution in [3.8, 4) is 0 Å². The molecule has 1 heterocycles. The van der Waals surface area contributed by atoms with E-state index < -0.39 is 0 Å². The van der Waals surface area contributed by atoms with E-state index in [2.05, 4.69) is 48.5 Å². The second-order valence-electron chi connectivity index (χ2n) is 7.75. The van der Waals surface area contributed by atoms with Crippen LogP contribution in [0.5, 0.6) is 0 Å². The van der Waals surface area contributed by atoms with Crippen LogP contribution >= 0.6 is 0 Å². The molecule has 6 heteroatoms. The Labute approximate surface area is 172 Å². The standard InChI is InChI=1S/C23H29FN4O/c1-15(2)28(16(3)4)12-11-25-22-10-9-17(13-20(22)24)26-14-19-18-7-5-6-8-21(18)27-23(19)29/h5-10,13-16,25-26H,11-12H2,1-4H3,(H,27,29). The van der Waals surface area contributed by atoms with E-state index in [9.17, 15) is 9.18 Å². The molecule has 29 heavy (non-hydrogen) atoms. The minimum atomic E-state index is -0.328. The molecular formula is C23H29FN4O. The molecule has 0 fully saturated rings.